The first-order valence-electron chi connectivity index (χ1n) is 11.2. The van der Waals surface area contributed by atoms with Gasteiger partial charge in [0.05, 0.1) is 18.6 Å². The molecule has 2 heterocycles. The molecule has 2 aromatic carbocycles. The van der Waals surface area contributed by atoms with E-state index in [1.165, 1.54) is 33.4 Å². The van der Waals surface area contributed by atoms with Crippen LogP contribution in [0.1, 0.15) is 38.8 Å². The number of rotatable bonds is 7. The van der Waals surface area contributed by atoms with E-state index in [1.54, 1.807) is 0 Å². The molecule has 1 aromatic heterocycles. The zero-order chi connectivity index (χ0) is 21.8. The quantitative estimate of drug-likeness (QED) is 0.454. The smallest absolute Gasteiger partial charge is 0.213 e. The van der Waals surface area contributed by atoms with Gasteiger partial charge < -0.3 is 14.4 Å². The summed E-state index contributed by atoms with van der Waals surface area (Å²) in [6, 6.07) is 14.9. The second-order valence-corrected chi connectivity index (χ2v) is 7.47. The van der Waals surface area contributed by atoms with Gasteiger partial charge in [-0.05, 0) is 75.7 Å². The van der Waals surface area contributed by atoms with E-state index in [-0.39, 0.29) is 0 Å². The number of hydrogen-bond donors (Lipinski definition) is 0. The monoisotopic (exact) mass is 415 g/mol. The first-order valence-corrected chi connectivity index (χ1v) is 11.2. The van der Waals surface area contributed by atoms with E-state index in [1.807, 2.05) is 13.8 Å². The molecule has 0 radical (unpaired) electrons. The number of pyridine rings is 1. The molecule has 4 heteroatoms. The largest absolute Gasteiger partial charge is 0.494 e. The van der Waals surface area contributed by atoms with Crippen LogP contribution in [0.2, 0.25) is 0 Å². The van der Waals surface area contributed by atoms with Crippen LogP contribution in [-0.4, -0.2) is 19.8 Å². The van der Waals surface area contributed by atoms with E-state index >= 15 is 0 Å². The lowest BCUT2D eigenvalue weighted by Crippen LogP contribution is -2.32. The summed E-state index contributed by atoms with van der Waals surface area (Å²) in [5.41, 5.74) is 5.97. The zero-order valence-corrected chi connectivity index (χ0v) is 18.9. The summed E-state index contributed by atoms with van der Waals surface area (Å²) in [6.45, 7) is 11.5. The van der Waals surface area contributed by atoms with Crippen LogP contribution in [0.4, 0.5) is 5.69 Å². The Morgan fingerprint density at radius 1 is 0.871 bits per heavy atom. The number of benzene rings is 2. The highest BCUT2D eigenvalue weighted by Gasteiger charge is 2.18. The fourth-order valence-electron chi connectivity index (χ4n) is 4.21. The lowest BCUT2D eigenvalue weighted by molar-refractivity contribution is -0.667. The molecule has 0 spiro atoms. The lowest BCUT2D eigenvalue weighted by Gasteiger charge is -2.29. The fraction of sp³-hybridized carbons (Fsp3) is 0.296. The number of hydrogen-bond acceptors (Lipinski definition) is 3. The Morgan fingerprint density at radius 2 is 1.61 bits per heavy atom. The standard InChI is InChI=1S/C27H31N2O2/c1-5-28-16-15-20(25-19-24(31-8-4)12-14-27(25)28)17-22-10-9-21-18-23(30-7-3)11-13-26(21)29(22)6-2/h9-19H,5-8H2,1-4H3/q+1. The molecule has 160 valence electrons. The predicted molar refractivity (Wildman–Crippen MR) is 129 cm³/mol. The van der Waals surface area contributed by atoms with E-state index in [0.29, 0.717) is 13.2 Å². The van der Waals surface area contributed by atoms with Crippen molar-refractivity contribution in [2.75, 3.05) is 24.7 Å². The summed E-state index contributed by atoms with van der Waals surface area (Å²) in [5.74, 6) is 1.82. The third kappa shape index (κ3) is 4.15. The van der Waals surface area contributed by atoms with Gasteiger partial charge in [0, 0.05) is 35.6 Å². The summed E-state index contributed by atoms with van der Waals surface area (Å²) in [5, 5.41) is 1.20. The van der Waals surface area contributed by atoms with Gasteiger partial charge in [0.15, 0.2) is 6.20 Å². The van der Waals surface area contributed by atoms with Gasteiger partial charge in [-0.15, -0.1) is 0 Å². The Hall–Kier alpha value is -3.27. The van der Waals surface area contributed by atoms with E-state index < -0.39 is 0 Å². The number of nitrogens with zero attached hydrogens (tertiary/aromatic N) is 2. The van der Waals surface area contributed by atoms with Crippen LogP contribution in [0.15, 0.2) is 60.4 Å². The summed E-state index contributed by atoms with van der Waals surface area (Å²) in [6.07, 6.45) is 8.82. The van der Waals surface area contributed by atoms with Crippen LogP contribution >= 0.6 is 0 Å². The van der Waals surface area contributed by atoms with E-state index in [2.05, 4.69) is 90.2 Å². The Labute approximate surface area is 185 Å². The maximum absolute atomic E-state index is 5.79. The number of aromatic nitrogens is 1. The lowest BCUT2D eigenvalue weighted by atomic mass is 10.0. The molecule has 0 atom stereocenters. The van der Waals surface area contributed by atoms with E-state index in [9.17, 15) is 0 Å². The van der Waals surface area contributed by atoms with E-state index in [0.717, 1.165) is 24.6 Å². The van der Waals surface area contributed by atoms with Gasteiger partial charge in [0.1, 0.15) is 18.0 Å². The average molecular weight is 416 g/mol. The Morgan fingerprint density at radius 3 is 2.32 bits per heavy atom. The summed E-state index contributed by atoms with van der Waals surface area (Å²) in [4.78, 5) is 2.35. The van der Waals surface area contributed by atoms with Crippen LogP contribution in [0.25, 0.3) is 23.1 Å². The molecule has 0 fully saturated rings. The number of likely N-dealkylation sites (N-methyl/N-ethyl adjacent to an activating group) is 1. The summed E-state index contributed by atoms with van der Waals surface area (Å²) < 4.78 is 13.7. The summed E-state index contributed by atoms with van der Waals surface area (Å²) in [7, 11) is 0. The van der Waals surface area contributed by atoms with Gasteiger partial charge in [-0.25, -0.2) is 0 Å². The minimum atomic E-state index is 0.662. The molecule has 1 aliphatic heterocycles. The number of anilines is 1. The minimum absolute atomic E-state index is 0.662. The molecule has 0 amide bonds. The first-order chi connectivity index (χ1) is 15.2. The molecular weight excluding hydrogens is 384 g/mol. The molecule has 0 saturated heterocycles. The van der Waals surface area contributed by atoms with Crippen molar-refractivity contribution in [2.45, 2.75) is 34.2 Å². The Bertz CT molecular complexity index is 1150. The van der Waals surface area contributed by atoms with Crippen LogP contribution < -0.4 is 18.9 Å². The SMILES string of the molecule is CCOc1ccc2c(c1)C=CC(=Cc1cc[n+](CC)c3ccc(OCC)cc13)N2CC. The van der Waals surface area contributed by atoms with Crippen molar-refractivity contribution in [3.63, 3.8) is 0 Å². The van der Waals surface area contributed by atoms with Gasteiger partial charge in [-0.2, -0.15) is 4.57 Å². The molecule has 1 aliphatic rings. The van der Waals surface area contributed by atoms with Crippen molar-refractivity contribution in [1.82, 2.24) is 0 Å². The molecule has 0 aliphatic carbocycles. The molecule has 0 unspecified atom stereocenters. The minimum Gasteiger partial charge on any atom is -0.494 e. The molecule has 0 bridgehead atoms. The Balaban J connectivity index is 1.80. The van der Waals surface area contributed by atoms with Gasteiger partial charge in [0.2, 0.25) is 5.52 Å². The maximum Gasteiger partial charge on any atom is 0.213 e. The number of ether oxygens (including phenoxy) is 2. The van der Waals surface area contributed by atoms with E-state index in [4.69, 9.17) is 9.47 Å². The molecule has 0 saturated carbocycles. The number of fused-ring (bicyclic) bond motifs is 2. The molecule has 0 N–H and O–H groups in total. The third-order valence-corrected chi connectivity index (χ3v) is 5.64. The van der Waals surface area contributed by atoms with Gasteiger partial charge in [-0.3, -0.25) is 0 Å². The van der Waals surface area contributed by atoms with Gasteiger partial charge in [0.25, 0.3) is 0 Å². The third-order valence-electron chi connectivity index (χ3n) is 5.64. The number of allylic oxidation sites excluding steroid dienone is 1. The highest BCUT2D eigenvalue weighted by Crippen LogP contribution is 2.35. The zero-order valence-electron chi connectivity index (χ0n) is 18.9. The second-order valence-electron chi connectivity index (χ2n) is 7.47. The highest BCUT2D eigenvalue weighted by molar-refractivity contribution is 5.89. The molecule has 31 heavy (non-hydrogen) atoms. The van der Waals surface area contributed by atoms with Crippen molar-refractivity contribution in [3.8, 4) is 11.5 Å². The molecule has 3 aromatic rings. The predicted octanol–water partition coefficient (Wildman–Crippen LogP) is 5.84. The van der Waals surface area contributed by atoms with Crippen molar-refractivity contribution < 1.29 is 14.0 Å². The van der Waals surface area contributed by atoms with Crippen LogP contribution in [0.3, 0.4) is 0 Å². The van der Waals surface area contributed by atoms with Crippen LogP contribution in [0.5, 0.6) is 11.5 Å². The maximum atomic E-state index is 5.79. The van der Waals surface area contributed by atoms with Crippen LogP contribution in [0, 0.1) is 0 Å². The molecular formula is C27H31N2O2+. The first kappa shape index (κ1) is 21.0. The van der Waals surface area contributed by atoms with Gasteiger partial charge in [-0.1, -0.05) is 6.08 Å². The Kier molecular flexibility index (Phi) is 6.26. The van der Waals surface area contributed by atoms with Crippen LogP contribution in [-0.2, 0) is 6.54 Å². The van der Waals surface area contributed by atoms with Crippen molar-refractivity contribution in [2.24, 2.45) is 0 Å². The molecule has 4 nitrogen and oxygen atoms in total. The van der Waals surface area contributed by atoms with Crippen molar-refractivity contribution >= 4 is 28.7 Å². The summed E-state index contributed by atoms with van der Waals surface area (Å²) >= 11 is 0. The van der Waals surface area contributed by atoms with Crippen molar-refractivity contribution in [3.05, 3.63) is 71.6 Å². The average Bonchev–Trinajstić information content (AvgIpc) is 2.79. The number of aryl methyl sites for hydroxylation is 1. The van der Waals surface area contributed by atoms with Crippen molar-refractivity contribution in [1.29, 1.82) is 0 Å². The topological polar surface area (TPSA) is 25.6 Å². The fourth-order valence-corrected chi connectivity index (χ4v) is 4.21. The normalized spacial score (nSPS) is 14.2. The van der Waals surface area contributed by atoms with Gasteiger partial charge >= 0.3 is 0 Å². The highest BCUT2D eigenvalue weighted by atomic mass is 16.5. The second kappa shape index (κ2) is 9.25. The molecule has 4 rings (SSSR count).